The number of carbonyl (C=O) groups is 1. The van der Waals surface area contributed by atoms with Gasteiger partial charge in [0.15, 0.2) is 0 Å². The average molecular weight is 350 g/mol. The molecule has 1 aliphatic rings. The van der Waals surface area contributed by atoms with Crippen LogP contribution in [0, 0.1) is 5.92 Å². The Morgan fingerprint density at radius 2 is 2.04 bits per heavy atom. The fraction of sp³-hybridized carbons (Fsp3) is 0.429. The van der Waals surface area contributed by atoms with Crippen molar-refractivity contribution >= 4 is 16.8 Å². The summed E-state index contributed by atoms with van der Waals surface area (Å²) in [5.41, 5.74) is 2.39. The molecule has 0 unspecified atom stereocenters. The number of rotatable bonds is 6. The van der Waals surface area contributed by atoms with Gasteiger partial charge >= 0.3 is 0 Å². The van der Waals surface area contributed by atoms with Gasteiger partial charge in [0, 0.05) is 55.5 Å². The Morgan fingerprint density at radius 3 is 2.85 bits per heavy atom. The first-order chi connectivity index (χ1) is 12.8. The first-order valence-corrected chi connectivity index (χ1v) is 9.60. The molecule has 26 heavy (non-hydrogen) atoms. The topological polar surface area (TPSA) is 53.9 Å². The number of piperidine rings is 1. The first-order valence-electron chi connectivity index (χ1n) is 9.60. The van der Waals surface area contributed by atoms with Crippen LogP contribution < -0.4 is 0 Å². The Bertz CT molecular complexity index is 844. The molecule has 5 nitrogen and oxygen atoms in total. The molecule has 0 spiro atoms. The first kappa shape index (κ1) is 16.9. The molecule has 0 bridgehead atoms. The molecular weight excluding hydrogens is 324 g/mol. The fourth-order valence-corrected chi connectivity index (χ4v) is 3.96. The van der Waals surface area contributed by atoms with Crippen molar-refractivity contribution in [1.29, 1.82) is 0 Å². The number of likely N-dealkylation sites (tertiary alicyclic amines) is 1. The number of H-pyrrole nitrogens is 1. The van der Waals surface area contributed by atoms with Crippen molar-refractivity contribution in [3.8, 4) is 0 Å². The van der Waals surface area contributed by atoms with Crippen LogP contribution in [0.1, 0.15) is 31.2 Å². The van der Waals surface area contributed by atoms with Gasteiger partial charge in [0.1, 0.15) is 0 Å². The lowest BCUT2D eigenvalue weighted by atomic mass is 9.93. The highest BCUT2D eigenvalue weighted by Crippen LogP contribution is 2.23. The molecule has 1 fully saturated rings. The fourth-order valence-electron chi connectivity index (χ4n) is 3.96. The third kappa shape index (κ3) is 3.82. The van der Waals surface area contributed by atoms with Crippen LogP contribution in [0.15, 0.2) is 48.9 Å². The zero-order valence-electron chi connectivity index (χ0n) is 15.1. The highest BCUT2D eigenvalue weighted by atomic mass is 16.2. The van der Waals surface area contributed by atoms with Crippen LogP contribution in [-0.4, -0.2) is 38.7 Å². The summed E-state index contributed by atoms with van der Waals surface area (Å²) in [7, 11) is 0. The summed E-state index contributed by atoms with van der Waals surface area (Å²) in [6.45, 7) is 2.78. The maximum Gasteiger partial charge on any atom is 0.222 e. The standard InChI is InChI=1S/C21H26N4O/c26-21(7-6-18-16-22-20-5-2-1-4-19(18)20)24-13-8-17(9-14-24)10-15-25-12-3-11-23-25/h1-5,11-12,16-17,22H,6-10,13-15H2. The van der Waals surface area contributed by atoms with E-state index in [9.17, 15) is 4.79 Å². The van der Waals surface area contributed by atoms with Gasteiger partial charge in [-0.25, -0.2) is 0 Å². The van der Waals surface area contributed by atoms with Crippen molar-refractivity contribution in [2.75, 3.05) is 13.1 Å². The minimum Gasteiger partial charge on any atom is -0.361 e. The zero-order chi connectivity index (χ0) is 17.8. The molecular formula is C21H26N4O. The molecule has 0 aliphatic carbocycles. The van der Waals surface area contributed by atoms with Crippen molar-refractivity contribution < 1.29 is 4.79 Å². The van der Waals surface area contributed by atoms with E-state index in [1.807, 2.05) is 35.4 Å². The van der Waals surface area contributed by atoms with Gasteiger partial charge in [-0.05, 0) is 49.3 Å². The number of hydrogen-bond donors (Lipinski definition) is 1. The molecule has 1 aliphatic heterocycles. The summed E-state index contributed by atoms with van der Waals surface area (Å²) in [5, 5.41) is 5.50. The molecule has 3 aromatic rings. The highest BCUT2D eigenvalue weighted by molar-refractivity contribution is 5.84. The van der Waals surface area contributed by atoms with Crippen molar-refractivity contribution in [1.82, 2.24) is 19.7 Å². The Hall–Kier alpha value is -2.56. The van der Waals surface area contributed by atoms with E-state index < -0.39 is 0 Å². The lowest BCUT2D eigenvalue weighted by Crippen LogP contribution is -2.38. The Labute approximate surface area is 154 Å². The monoisotopic (exact) mass is 350 g/mol. The molecule has 1 N–H and O–H groups in total. The molecule has 0 radical (unpaired) electrons. The summed E-state index contributed by atoms with van der Waals surface area (Å²) in [5.74, 6) is 0.998. The van der Waals surface area contributed by atoms with Gasteiger partial charge in [-0.15, -0.1) is 0 Å². The summed E-state index contributed by atoms with van der Waals surface area (Å²) < 4.78 is 2.00. The molecule has 0 atom stereocenters. The number of carbonyl (C=O) groups excluding carboxylic acids is 1. The zero-order valence-corrected chi connectivity index (χ0v) is 15.1. The molecule has 2 aromatic heterocycles. The SMILES string of the molecule is O=C(CCc1c[nH]c2ccccc12)N1CCC(CCn2cccn2)CC1. The van der Waals surface area contributed by atoms with Gasteiger partial charge in [0.2, 0.25) is 5.91 Å². The minimum absolute atomic E-state index is 0.292. The van der Waals surface area contributed by atoms with E-state index >= 15 is 0 Å². The van der Waals surface area contributed by atoms with Gasteiger partial charge in [0.25, 0.3) is 0 Å². The number of nitrogens with zero attached hydrogens (tertiary/aromatic N) is 3. The molecule has 5 heteroatoms. The van der Waals surface area contributed by atoms with Crippen LogP contribution in [0.25, 0.3) is 10.9 Å². The summed E-state index contributed by atoms with van der Waals surface area (Å²) >= 11 is 0. The largest absolute Gasteiger partial charge is 0.361 e. The second kappa shape index (κ2) is 7.77. The van der Waals surface area contributed by atoms with Crippen LogP contribution in [0.3, 0.4) is 0 Å². The number of aromatic nitrogens is 3. The molecule has 1 aromatic carbocycles. The Morgan fingerprint density at radius 1 is 1.19 bits per heavy atom. The number of benzene rings is 1. The molecule has 1 amide bonds. The number of amides is 1. The Kier molecular flexibility index (Phi) is 5.04. The molecule has 4 rings (SSSR count). The molecule has 0 saturated carbocycles. The maximum atomic E-state index is 12.6. The van der Waals surface area contributed by atoms with Crippen LogP contribution in [0.2, 0.25) is 0 Å². The predicted molar refractivity (Wildman–Crippen MR) is 103 cm³/mol. The lowest BCUT2D eigenvalue weighted by molar-refractivity contribution is -0.132. The number of aryl methyl sites for hydroxylation is 2. The van der Waals surface area contributed by atoms with Crippen molar-refractivity contribution in [2.24, 2.45) is 5.92 Å². The van der Waals surface area contributed by atoms with E-state index in [4.69, 9.17) is 0 Å². The summed E-state index contributed by atoms with van der Waals surface area (Å²) in [4.78, 5) is 17.9. The lowest BCUT2D eigenvalue weighted by Gasteiger charge is -2.32. The normalized spacial score (nSPS) is 15.6. The second-order valence-electron chi connectivity index (χ2n) is 7.24. The quantitative estimate of drug-likeness (QED) is 0.738. The number of hydrogen-bond acceptors (Lipinski definition) is 2. The van der Waals surface area contributed by atoms with Gasteiger partial charge < -0.3 is 9.88 Å². The number of fused-ring (bicyclic) bond motifs is 1. The van der Waals surface area contributed by atoms with Gasteiger partial charge in [0.05, 0.1) is 0 Å². The average Bonchev–Trinajstić information content (AvgIpc) is 3.35. The minimum atomic E-state index is 0.292. The third-order valence-electron chi connectivity index (χ3n) is 5.58. The Balaban J connectivity index is 1.23. The number of nitrogens with one attached hydrogen (secondary N) is 1. The van der Waals surface area contributed by atoms with Crippen LogP contribution in [0.4, 0.5) is 0 Å². The van der Waals surface area contributed by atoms with E-state index in [2.05, 4.69) is 33.2 Å². The van der Waals surface area contributed by atoms with Gasteiger partial charge in [-0.1, -0.05) is 18.2 Å². The molecule has 3 heterocycles. The summed E-state index contributed by atoms with van der Waals surface area (Å²) in [6.07, 6.45) is 10.7. The number of aromatic amines is 1. The highest BCUT2D eigenvalue weighted by Gasteiger charge is 2.22. The van der Waals surface area contributed by atoms with Gasteiger partial charge in [-0.2, -0.15) is 5.10 Å². The van der Waals surface area contributed by atoms with E-state index in [0.717, 1.165) is 50.8 Å². The van der Waals surface area contributed by atoms with Gasteiger partial charge in [-0.3, -0.25) is 9.48 Å². The molecule has 136 valence electrons. The van der Waals surface area contributed by atoms with Crippen molar-refractivity contribution in [3.63, 3.8) is 0 Å². The van der Waals surface area contributed by atoms with Crippen LogP contribution >= 0.6 is 0 Å². The van der Waals surface area contributed by atoms with E-state index in [1.54, 1.807) is 0 Å². The predicted octanol–water partition coefficient (Wildman–Crippen LogP) is 3.63. The van der Waals surface area contributed by atoms with Crippen molar-refractivity contribution in [2.45, 2.75) is 38.6 Å². The van der Waals surface area contributed by atoms with E-state index in [1.165, 1.54) is 10.9 Å². The van der Waals surface area contributed by atoms with Crippen LogP contribution in [-0.2, 0) is 17.8 Å². The van der Waals surface area contributed by atoms with Crippen LogP contribution in [0.5, 0.6) is 0 Å². The maximum absolute atomic E-state index is 12.6. The van der Waals surface area contributed by atoms with Crippen molar-refractivity contribution in [3.05, 3.63) is 54.5 Å². The van der Waals surface area contributed by atoms with E-state index in [0.29, 0.717) is 18.2 Å². The summed E-state index contributed by atoms with van der Waals surface area (Å²) in [6, 6.07) is 10.3. The second-order valence-corrected chi connectivity index (χ2v) is 7.24. The van der Waals surface area contributed by atoms with E-state index in [-0.39, 0.29) is 0 Å². The smallest absolute Gasteiger partial charge is 0.222 e. The number of para-hydroxylation sites is 1. The molecule has 1 saturated heterocycles. The third-order valence-corrected chi connectivity index (χ3v) is 5.58.